The second kappa shape index (κ2) is 17.0. The Morgan fingerprint density at radius 2 is 1.38 bits per heavy atom. The molecule has 2 saturated carbocycles. The molecule has 7 rings (SSSR count). The van der Waals surface area contributed by atoms with Crippen LogP contribution < -0.4 is 4.74 Å². The van der Waals surface area contributed by atoms with Gasteiger partial charge in [-0.2, -0.15) is 0 Å². The molecule has 3 aromatic carbocycles. The van der Waals surface area contributed by atoms with E-state index in [9.17, 15) is 0 Å². The van der Waals surface area contributed by atoms with E-state index in [2.05, 4.69) is 160 Å². The molecule has 0 bridgehead atoms. The molecule has 2 fully saturated rings. The van der Waals surface area contributed by atoms with Crippen molar-refractivity contribution in [3.8, 4) is 16.9 Å². The molecule has 0 amide bonds. The lowest BCUT2D eigenvalue weighted by molar-refractivity contribution is 0.406. The van der Waals surface area contributed by atoms with E-state index in [0.717, 1.165) is 35.1 Å². The van der Waals surface area contributed by atoms with Crippen LogP contribution in [0.4, 0.5) is 0 Å². The molecule has 3 heteroatoms. The summed E-state index contributed by atoms with van der Waals surface area (Å²) >= 11 is 2.52. The Morgan fingerprint density at radius 3 is 2.09 bits per heavy atom. The molecule has 0 radical (unpaired) electrons. The Balaban J connectivity index is 1.21. The second-order valence-electron chi connectivity index (χ2n) is 17.5. The van der Waals surface area contributed by atoms with Gasteiger partial charge in [0.15, 0.2) is 0 Å². The molecular weight excluding hydrogens is 772 g/mol. The molecule has 3 aromatic rings. The van der Waals surface area contributed by atoms with Gasteiger partial charge in [0, 0.05) is 0 Å². The van der Waals surface area contributed by atoms with Gasteiger partial charge in [0.1, 0.15) is 5.75 Å². The quantitative estimate of drug-likeness (QED) is 0.0893. The van der Waals surface area contributed by atoms with Gasteiger partial charge in [0.2, 0.25) is 0 Å². The molecule has 280 valence electrons. The lowest BCUT2D eigenvalue weighted by Crippen LogP contribution is -2.46. The topological polar surface area (TPSA) is 9.23 Å². The minimum Gasteiger partial charge on any atom is -0.495 e. The zero-order chi connectivity index (χ0) is 37.1. The fraction of sp³-hybridized carbons (Fsp3) is 0.480. The summed E-state index contributed by atoms with van der Waals surface area (Å²) in [4.78, 5) is 0. The van der Waals surface area contributed by atoms with Crippen molar-refractivity contribution in [1.82, 2.24) is 0 Å². The van der Waals surface area contributed by atoms with Gasteiger partial charge in [-0.05, 0) is 146 Å². The van der Waals surface area contributed by atoms with E-state index in [1.165, 1.54) is 89.2 Å². The number of halogens is 1. The molecule has 0 heterocycles. The number of benzene rings is 3. The van der Waals surface area contributed by atoms with Crippen molar-refractivity contribution in [2.24, 2.45) is 35.5 Å². The van der Waals surface area contributed by atoms with E-state index >= 15 is 0 Å². The summed E-state index contributed by atoms with van der Waals surface area (Å²) in [5.41, 5.74) is 11.7. The summed E-state index contributed by atoms with van der Waals surface area (Å²) in [6, 6.07) is 25.2. The van der Waals surface area contributed by atoms with Crippen molar-refractivity contribution in [2.45, 2.75) is 109 Å². The molecule has 0 saturated heterocycles. The van der Waals surface area contributed by atoms with Crippen molar-refractivity contribution in [3.63, 3.8) is 0 Å². The number of aryl methyl sites for hydroxylation is 1. The summed E-state index contributed by atoms with van der Waals surface area (Å²) < 4.78 is 7.20. The highest BCUT2D eigenvalue weighted by molar-refractivity contribution is 14.1. The maximum absolute atomic E-state index is 5.95. The first-order valence-corrected chi connectivity index (χ1v) is 25.3. The summed E-state index contributed by atoms with van der Waals surface area (Å²) in [5.74, 6) is 5.09. The van der Waals surface area contributed by atoms with Gasteiger partial charge < -0.3 is 4.74 Å². The molecule has 4 aliphatic rings. The highest BCUT2D eigenvalue weighted by atomic mass is 127. The normalized spacial score (nSPS) is 27.7. The van der Waals surface area contributed by atoms with Crippen molar-refractivity contribution in [2.75, 3.05) is 7.11 Å². The van der Waals surface area contributed by atoms with Crippen LogP contribution in [0.1, 0.15) is 95.2 Å². The number of fused-ring (bicyclic) bond motifs is 2. The lowest BCUT2D eigenvalue weighted by Gasteiger charge is -2.46. The Bertz CT molecular complexity index is 1850. The third kappa shape index (κ3) is 7.64. The first-order valence-electron chi connectivity index (χ1n) is 21.1. The van der Waals surface area contributed by atoms with Gasteiger partial charge in [0.05, 0.1) is 18.8 Å². The first kappa shape index (κ1) is 38.6. The van der Waals surface area contributed by atoms with Gasteiger partial charge in [-0.15, -0.1) is 0 Å². The SMILES string of the molecule is CCCCCCC1CC2C(c3ccccc3-c3ccccc3)=CC=CC2C1[Si](C)(C)C1C(C)CC2C(c3cc(I)c(OC)c(CCCC)c3)=CC=CC21. The molecule has 0 N–H and O–H groups in total. The lowest BCUT2D eigenvalue weighted by atomic mass is 9.79. The average Bonchev–Trinajstić information content (AvgIpc) is 3.73. The first-order chi connectivity index (χ1) is 25.8. The van der Waals surface area contributed by atoms with Crippen LogP contribution in [0.5, 0.6) is 5.75 Å². The number of rotatable bonds is 14. The smallest absolute Gasteiger partial charge is 0.135 e. The van der Waals surface area contributed by atoms with Gasteiger partial charge in [-0.1, -0.05) is 163 Å². The fourth-order valence-electron chi connectivity index (χ4n) is 12.0. The number of hydrogen-bond acceptors (Lipinski definition) is 1. The number of allylic oxidation sites excluding steroid dienone is 8. The van der Waals surface area contributed by atoms with Crippen LogP contribution in [0, 0.1) is 39.1 Å². The van der Waals surface area contributed by atoms with Crippen LogP contribution in [-0.4, -0.2) is 15.2 Å². The predicted molar refractivity (Wildman–Crippen MR) is 240 cm³/mol. The molecule has 0 aliphatic heterocycles. The van der Waals surface area contributed by atoms with Crippen LogP contribution >= 0.6 is 22.6 Å². The Hall–Kier alpha value is -2.63. The monoisotopic (exact) mass is 834 g/mol. The minimum atomic E-state index is -1.82. The number of methoxy groups -OCH3 is 1. The molecule has 8 atom stereocenters. The summed E-state index contributed by atoms with van der Waals surface area (Å²) in [5, 5.41) is 0. The Kier molecular flexibility index (Phi) is 12.4. The van der Waals surface area contributed by atoms with Crippen molar-refractivity contribution >= 4 is 41.8 Å². The maximum atomic E-state index is 5.95. The van der Waals surface area contributed by atoms with Crippen LogP contribution in [0.15, 0.2) is 103 Å². The standard InChI is InChI=1S/C50H63IOSi/c1-7-9-11-13-23-37-32-46-42(41-25-17-16-24-39(41)35-21-14-12-15-22-35)27-19-29-44(46)50(37)53(5,6)49-34(3)30-45-40(26-18-28-43(45)49)38-31-36(20-10-8-2)48(52-4)47(51)33-38/h12,14-19,21-22,24-29,31,33-34,37,43-46,49-50H,7-11,13,20,23,30,32H2,1-6H3. The predicted octanol–water partition coefficient (Wildman–Crippen LogP) is 14.9. The summed E-state index contributed by atoms with van der Waals surface area (Å²) in [6.07, 6.45) is 28.2. The van der Waals surface area contributed by atoms with Crippen LogP contribution in [-0.2, 0) is 6.42 Å². The zero-order valence-electron chi connectivity index (χ0n) is 33.3. The Morgan fingerprint density at radius 1 is 0.717 bits per heavy atom. The average molecular weight is 835 g/mol. The third-order valence-corrected chi connectivity index (χ3v) is 20.1. The molecule has 8 unspecified atom stereocenters. The van der Waals surface area contributed by atoms with Crippen molar-refractivity contribution < 1.29 is 4.74 Å². The van der Waals surface area contributed by atoms with Crippen LogP contribution in [0.2, 0.25) is 24.2 Å². The number of hydrogen-bond donors (Lipinski definition) is 0. The van der Waals surface area contributed by atoms with E-state index in [1.54, 1.807) is 11.1 Å². The highest BCUT2D eigenvalue weighted by Gasteiger charge is 2.58. The zero-order valence-corrected chi connectivity index (χ0v) is 36.4. The molecular formula is C50H63IOSi. The summed E-state index contributed by atoms with van der Waals surface area (Å²) in [7, 11) is 0.0219. The molecule has 0 aromatic heterocycles. The highest BCUT2D eigenvalue weighted by Crippen LogP contribution is 2.65. The second-order valence-corrected chi connectivity index (χ2v) is 23.6. The van der Waals surface area contributed by atoms with E-state index in [0.29, 0.717) is 23.7 Å². The van der Waals surface area contributed by atoms with Gasteiger partial charge in [0.25, 0.3) is 0 Å². The molecule has 1 nitrogen and oxygen atoms in total. The minimum absolute atomic E-state index is 0.602. The van der Waals surface area contributed by atoms with E-state index in [1.807, 2.05) is 7.11 Å². The van der Waals surface area contributed by atoms with Crippen LogP contribution in [0.25, 0.3) is 22.3 Å². The van der Waals surface area contributed by atoms with Crippen molar-refractivity contribution in [3.05, 3.63) is 123 Å². The van der Waals surface area contributed by atoms with E-state index < -0.39 is 8.07 Å². The van der Waals surface area contributed by atoms with Gasteiger partial charge in [-0.3, -0.25) is 0 Å². The van der Waals surface area contributed by atoms with Crippen molar-refractivity contribution in [1.29, 1.82) is 0 Å². The van der Waals surface area contributed by atoms with Gasteiger partial charge >= 0.3 is 0 Å². The van der Waals surface area contributed by atoms with Gasteiger partial charge in [-0.25, -0.2) is 0 Å². The molecule has 53 heavy (non-hydrogen) atoms. The largest absolute Gasteiger partial charge is 0.495 e. The van der Waals surface area contributed by atoms with E-state index in [4.69, 9.17) is 4.74 Å². The van der Waals surface area contributed by atoms with Crippen LogP contribution in [0.3, 0.4) is 0 Å². The number of unbranched alkanes of at least 4 members (excludes halogenated alkanes) is 4. The third-order valence-electron chi connectivity index (χ3n) is 14.0. The maximum Gasteiger partial charge on any atom is 0.135 e. The molecule has 4 aliphatic carbocycles. The fourth-order valence-corrected chi connectivity index (χ4v) is 19.2. The molecule has 0 spiro atoms. The summed E-state index contributed by atoms with van der Waals surface area (Å²) in [6.45, 7) is 13.0. The Labute approximate surface area is 336 Å². The van der Waals surface area contributed by atoms with E-state index in [-0.39, 0.29) is 0 Å². The number of ether oxygens (including phenoxy) is 1.